The molecule has 2 saturated carbocycles. The molecule has 0 aromatic heterocycles. The minimum Gasteiger partial charge on any atom is -0.353 e. The smallest absolute Gasteiger partial charge is 0.238 e. The first-order valence-corrected chi connectivity index (χ1v) is 8.93. The molecule has 1 aromatic rings. The van der Waals surface area contributed by atoms with Crippen molar-refractivity contribution in [2.75, 3.05) is 5.32 Å². The SMILES string of the molecule is O=C(CC1Sc2ccccc2NC1=O)NC1CC2CCC1C2. The quantitative estimate of drug-likeness (QED) is 0.901. The monoisotopic (exact) mass is 316 g/mol. The zero-order valence-corrected chi connectivity index (χ0v) is 13.2. The number of anilines is 1. The summed E-state index contributed by atoms with van der Waals surface area (Å²) in [7, 11) is 0. The largest absolute Gasteiger partial charge is 0.353 e. The molecule has 2 aliphatic carbocycles. The second-order valence-electron chi connectivity index (χ2n) is 6.64. The Kier molecular flexibility index (Phi) is 3.60. The van der Waals surface area contributed by atoms with E-state index in [0.717, 1.165) is 22.9 Å². The highest BCUT2D eigenvalue weighted by molar-refractivity contribution is 8.01. The number of thioether (sulfide) groups is 1. The van der Waals surface area contributed by atoms with E-state index in [1.54, 1.807) is 0 Å². The van der Waals surface area contributed by atoms with E-state index in [4.69, 9.17) is 0 Å². The zero-order valence-electron chi connectivity index (χ0n) is 12.4. The Morgan fingerprint density at radius 3 is 2.91 bits per heavy atom. The van der Waals surface area contributed by atoms with Gasteiger partial charge in [0.25, 0.3) is 0 Å². The number of nitrogens with one attached hydrogen (secondary N) is 2. The molecule has 2 amide bonds. The molecule has 0 spiro atoms. The first kappa shape index (κ1) is 14.1. The van der Waals surface area contributed by atoms with Gasteiger partial charge in [0.05, 0.1) is 10.9 Å². The van der Waals surface area contributed by atoms with Crippen LogP contribution in [0.2, 0.25) is 0 Å². The van der Waals surface area contributed by atoms with Gasteiger partial charge in [0.15, 0.2) is 0 Å². The van der Waals surface area contributed by atoms with E-state index in [1.807, 2.05) is 24.3 Å². The normalized spacial score (nSPS) is 32.5. The number of amides is 2. The molecule has 4 unspecified atom stereocenters. The fraction of sp³-hybridized carbons (Fsp3) is 0.529. The zero-order chi connectivity index (χ0) is 15.1. The average molecular weight is 316 g/mol. The van der Waals surface area contributed by atoms with E-state index in [9.17, 15) is 9.59 Å². The van der Waals surface area contributed by atoms with Crippen molar-refractivity contribution < 1.29 is 9.59 Å². The first-order chi connectivity index (χ1) is 10.7. The predicted octanol–water partition coefficient (Wildman–Crippen LogP) is 2.79. The maximum atomic E-state index is 12.3. The molecular weight excluding hydrogens is 296 g/mol. The molecule has 1 heterocycles. The van der Waals surface area contributed by atoms with Gasteiger partial charge in [-0.15, -0.1) is 11.8 Å². The topological polar surface area (TPSA) is 58.2 Å². The Morgan fingerprint density at radius 1 is 1.27 bits per heavy atom. The van der Waals surface area contributed by atoms with Gasteiger partial charge in [0.2, 0.25) is 11.8 Å². The third-order valence-electron chi connectivity index (χ3n) is 5.16. The summed E-state index contributed by atoms with van der Waals surface area (Å²) in [6.45, 7) is 0. The molecule has 4 rings (SSSR count). The highest BCUT2D eigenvalue weighted by atomic mass is 32.2. The number of fused-ring (bicyclic) bond motifs is 3. The molecule has 0 radical (unpaired) electrons. The summed E-state index contributed by atoms with van der Waals surface area (Å²) >= 11 is 1.49. The van der Waals surface area contributed by atoms with Crippen molar-refractivity contribution in [1.82, 2.24) is 5.32 Å². The third kappa shape index (κ3) is 2.62. The van der Waals surface area contributed by atoms with Gasteiger partial charge in [-0.2, -0.15) is 0 Å². The van der Waals surface area contributed by atoms with E-state index in [-0.39, 0.29) is 23.5 Å². The van der Waals surface area contributed by atoms with Crippen LogP contribution in [0, 0.1) is 11.8 Å². The Balaban J connectivity index is 1.37. The summed E-state index contributed by atoms with van der Waals surface area (Å²) in [6.07, 6.45) is 5.25. The summed E-state index contributed by atoms with van der Waals surface area (Å²) in [5.41, 5.74) is 0.849. The van der Waals surface area contributed by atoms with Crippen molar-refractivity contribution in [3.8, 4) is 0 Å². The van der Waals surface area contributed by atoms with Crippen molar-refractivity contribution in [2.24, 2.45) is 11.8 Å². The molecule has 3 aliphatic rings. The van der Waals surface area contributed by atoms with Gasteiger partial charge < -0.3 is 10.6 Å². The highest BCUT2D eigenvalue weighted by Gasteiger charge is 2.40. The minimum absolute atomic E-state index is 0.0181. The van der Waals surface area contributed by atoms with Crippen molar-refractivity contribution >= 4 is 29.3 Å². The lowest BCUT2D eigenvalue weighted by Gasteiger charge is -2.26. The van der Waals surface area contributed by atoms with Crippen LogP contribution in [0.5, 0.6) is 0 Å². The molecule has 116 valence electrons. The van der Waals surface area contributed by atoms with Crippen LogP contribution in [0.4, 0.5) is 5.69 Å². The van der Waals surface area contributed by atoms with Crippen LogP contribution in [-0.4, -0.2) is 23.1 Å². The Labute approximate surface area is 134 Å². The van der Waals surface area contributed by atoms with Crippen LogP contribution in [0.3, 0.4) is 0 Å². The average Bonchev–Trinajstić information content (AvgIpc) is 3.10. The van der Waals surface area contributed by atoms with E-state index in [0.29, 0.717) is 12.0 Å². The first-order valence-electron chi connectivity index (χ1n) is 8.05. The van der Waals surface area contributed by atoms with Crippen LogP contribution in [0.1, 0.15) is 32.1 Å². The van der Waals surface area contributed by atoms with Crippen LogP contribution in [0.25, 0.3) is 0 Å². The molecule has 1 aromatic carbocycles. The molecule has 2 bridgehead atoms. The van der Waals surface area contributed by atoms with Crippen LogP contribution in [0.15, 0.2) is 29.2 Å². The maximum absolute atomic E-state index is 12.3. The van der Waals surface area contributed by atoms with Crippen LogP contribution < -0.4 is 10.6 Å². The van der Waals surface area contributed by atoms with E-state index < -0.39 is 0 Å². The lowest BCUT2D eigenvalue weighted by atomic mass is 9.95. The van der Waals surface area contributed by atoms with Crippen molar-refractivity contribution in [3.63, 3.8) is 0 Å². The standard InChI is InChI=1S/C17H20N2O2S/c20-16(18-13-8-10-5-6-11(13)7-10)9-15-17(21)19-12-3-1-2-4-14(12)22-15/h1-4,10-11,13,15H,5-9H2,(H,18,20)(H,19,21). The van der Waals surface area contributed by atoms with Crippen LogP contribution >= 0.6 is 11.8 Å². The van der Waals surface area contributed by atoms with Gasteiger partial charge in [-0.3, -0.25) is 9.59 Å². The summed E-state index contributed by atoms with van der Waals surface area (Å²) in [5.74, 6) is 1.44. The highest BCUT2D eigenvalue weighted by Crippen LogP contribution is 2.44. The molecule has 4 atom stereocenters. The number of carbonyl (C=O) groups is 2. The van der Waals surface area contributed by atoms with Gasteiger partial charge in [-0.05, 0) is 43.2 Å². The summed E-state index contributed by atoms with van der Waals surface area (Å²) < 4.78 is 0. The number of carbonyl (C=O) groups excluding carboxylic acids is 2. The number of benzene rings is 1. The molecular formula is C17H20N2O2S. The van der Waals surface area contributed by atoms with Crippen molar-refractivity contribution in [2.45, 2.75) is 48.3 Å². The second kappa shape index (κ2) is 5.61. The summed E-state index contributed by atoms with van der Waals surface area (Å²) in [5, 5.41) is 5.74. The lowest BCUT2D eigenvalue weighted by molar-refractivity contribution is -0.124. The Hall–Kier alpha value is -1.49. The molecule has 4 nitrogen and oxygen atoms in total. The summed E-state index contributed by atoms with van der Waals surface area (Å²) in [6, 6.07) is 8.08. The number of hydrogen-bond acceptors (Lipinski definition) is 3. The molecule has 0 saturated heterocycles. The molecule has 2 N–H and O–H groups in total. The van der Waals surface area contributed by atoms with E-state index in [1.165, 1.54) is 31.0 Å². The second-order valence-corrected chi connectivity index (χ2v) is 7.89. The number of rotatable bonds is 3. The molecule has 5 heteroatoms. The predicted molar refractivity (Wildman–Crippen MR) is 86.7 cm³/mol. The fourth-order valence-corrected chi connectivity index (χ4v) is 5.19. The molecule has 22 heavy (non-hydrogen) atoms. The van der Waals surface area contributed by atoms with Crippen molar-refractivity contribution in [3.05, 3.63) is 24.3 Å². The van der Waals surface area contributed by atoms with Crippen molar-refractivity contribution in [1.29, 1.82) is 0 Å². The van der Waals surface area contributed by atoms with Gasteiger partial charge in [0.1, 0.15) is 0 Å². The van der Waals surface area contributed by atoms with E-state index >= 15 is 0 Å². The minimum atomic E-state index is -0.325. The van der Waals surface area contributed by atoms with Gasteiger partial charge in [-0.25, -0.2) is 0 Å². The summed E-state index contributed by atoms with van der Waals surface area (Å²) in [4.78, 5) is 25.5. The van der Waals surface area contributed by atoms with Gasteiger partial charge in [-0.1, -0.05) is 18.6 Å². The Bertz CT molecular complexity index is 618. The van der Waals surface area contributed by atoms with Gasteiger partial charge in [0, 0.05) is 17.4 Å². The Morgan fingerprint density at radius 2 is 2.14 bits per heavy atom. The lowest BCUT2D eigenvalue weighted by Crippen LogP contribution is -2.41. The number of para-hydroxylation sites is 1. The molecule has 1 aliphatic heterocycles. The van der Waals surface area contributed by atoms with Gasteiger partial charge >= 0.3 is 0 Å². The van der Waals surface area contributed by atoms with Crippen LogP contribution in [-0.2, 0) is 9.59 Å². The molecule has 2 fully saturated rings. The number of hydrogen-bond donors (Lipinski definition) is 2. The fourth-order valence-electron chi connectivity index (χ4n) is 4.08. The third-order valence-corrected chi connectivity index (χ3v) is 6.44. The maximum Gasteiger partial charge on any atom is 0.238 e. The van der Waals surface area contributed by atoms with E-state index in [2.05, 4.69) is 10.6 Å².